The lowest BCUT2D eigenvalue weighted by molar-refractivity contribution is -0.115. The summed E-state index contributed by atoms with van der Waals surface area (Å²) >= 11 is 0. The molecule has 2 aromatic rings. The Morgan fingerprint density at radius 3 is 2.42 bits per heavy atom. The van der Waals surface area contributed by atoms with Gasteiger partial charge in [0.05, 0.1) is 14.2 Å². The topological polar surface area (TPSA) is 62.8 Å². The lowest BCUT2D eigenvalue weighted by atomic mass is 9.84. The van der Waals surface area contributed by atoms with Crippen LogP contribution < -0.4 is 20.1 Å². The van der Waals surface area contributed by atoms with E-state index < -0.39 is 0 Å². The molecule has 0 aliphatic carbocycles. The Kier molecular flexibility index (Phi) is 7.68. The number of hydrogen-bond acceptors (Lipinski definition) is 5. The molecular formula is C24H32ClN3O3. The van der Waals surface area contributed by atoms with Gasteiger partial charge in [-0.3, -0.25) is 9.69 Å². The lowest BCUT2D eigenvalue weighted by Gasteiger charge is -2.44. The van der Waals surface area contributed by atoms with Gasteiger partial charge < -0.3 is 20.1 Å². The minimum Gasteiger partial charge on any atom is -0.493 e. The van der Waals surface area contributed by atoms with Crippen LogP contribution >= 0.6 is 12.4 Å². The number of carbonyl (C=O) groups is 1. The number of methoxy groups -OCH3 is 2. The highest BCUT2D eigenvalue weighted by atomic mass is 35.5. The first-order chi connectivity index (χ1) is 14.6. The number of nitrogens with one attached hydrogen (secondary N) is 2. The molecule has 0 aromatic heterocycles. The molecule has 1 fully saturated rings. The van der Waals surface area contributed by atoms with E-state index in [-0.39, 0.29) is 18.3 Å². The van der Waals surface area contributed by atoms with E-state index in [1.165, 1.54) is 11.1 Å². The van der Waals surface area contributed by atoms with E-state index in [0.29, 0.717) is 18.5 Å². The van der Waals surface area contributed by atoms with Crippen LogP contribution in [0, 0.1) is 0 Å². The van der Waals surface area contributed by atoms with Crippen LogP contribution in [0.5, 0.6) is 11.5 Å². The molecule has 168 valence electrons. The smallest absolute Gasteiger partial charge is 0.224 e. The third-order valence-corrected chi connectivity index (χ3v) is 6.25. The Labute approximate surface area is 190 Å². The second-order valence-electron chi connectivity index (χ2n) is 8.05. The van der Waals surface area contributed by atoms with Crippen molar-refractivity contribution in [2.75, 3.05) is 37.9 Å². The molecule has 2 unspecified atom stereocenters. The summed E-state index contributed by atoms with van der Waals surface area (Å²) in [4.78, 5) is 14.1. The number of ether oxygens (including phenoxy) is 2. The highest BCUT2D eigenvalue weighted by Crippen LogP contribution is 2.42. The van der Waals surface area contributed by atoms with Crippen molar-refractivity contribution >= 4 is 29.7 Å². The maximum absolute atomic E-state index is 11.6. The van der Waals surface area contributed by atoms with Crippen LogP contribution in [0.2, 0.25) is 0 Å². The third kappa shape index (κ3) is 5.08. The highest BCUT2D eigenvalue weighted by Gasteiger charge is 2.34. The van der Waals surface area contributed by atoms with Crippen LogP contribution in [0.4, 0.5) is 11.4 Å². The number of hydrogen-bond donors (Lipinski definition) is 2. The Morgan fingerprint density at radius 2 is 1.74 bits per heavy atom. The van der Waals surface area contributed by atoms with Crippen LogP contribution in [0.15, 0.2) is 36.4 Å². The molecule has 7 heteroatoms. The molecule has 4 rings (SSSR count). The number of halogens is 1. The number of nitrogens with zero attached hydrogens (tertiary/aromatic N) is 1. The first-order valence-corrected chi connectivity index (χ1v) is 10.8. The second kappa shape index (κ2) is 10.2. The van der Waals surface area contributed by atoms with Crippen molar-refractivity contribution in [3.05, 3.63) is 47.5 Å². The average molecular weight is 446 g/mol. The van der Waals surface area contributed by atoms with Crippen molar-refractivity contribution in [1.29, 1.82) is 0 Å². The number of carbonyl (C=O) groups excluding carboxylic acids is 1. The van der Waals surface area contributed by atoms with Crippen LogP contribution in [0.25, 0.3) is 0 Å². The fourth-order valence-corrected chi connectivity index (χ4v) is 4.60. The van der Waals surface area contributed by atoms with Gasteiger partial charge in [0.1, 0.15) is 0 Å². The number of rotatable bonds is 6. The zero-order chi connectivity index (χ0) is 21.1. The van der Waals surface area contributed by atoms with Crippen LogP contribution in [-0.2, 0) is 11.2 Å². The van der Waals surface area contributed by atoms with Crippen molar-refractivity contribution in [1.82, 2.24) is 4.90 Å². The molecule has 0 saturated carbocycles. The summed E-state index contributed by atoms with van der Waals surface area (Å²) in [7, 11) is 3.39. The summed E-state index contributed by atoms with van der Waals surface area (Å²) in [6.45, 7) is 4.03. The lowest BCUT2D eigenvalue weighted by Crippen LogP contribution is -2.44. The molecule has 0 spiro atoms. The van der Waals surface area contributed by atoms with Crippen LogP contribution in [-0.4, -0.2) is 44.2 Å². The zero-order valence-electron chi connectivity index (χ0n) is 18.4. The number of benzene rings is 2. The number of fused-ring (bicyclic) bond motifs is 3. The van der Waals surface area contributed by atoms with Crippen molar-refractivity contribution in [3.8, 4) is 11.5 Å². The molecule has 2 aliphatic rings. The first-order valence-electron chi connectivity index (χ1n) is 10.8. The van der Waals surface area contributed by atoms with Gasteiger partial charge in [-0.05, 0) is 66.8 Å². The van der Waals surface area contributed by atoms with Gasteiger partial charge in [-0.1, -0.05) is 6.92 Å². The van der Waals surface area contributed by atoms with Crippen LogP contribution in [0.1, 0.15) is 43.4 Å². The SMILES string of the molecule is CCC(=O)Nc1ccc(NC2CCN3CCc4cc(OC)c(OC)cc4C3C2)cc1.Cl. The molecule has 31 heavy (non-hydrogen) atoms. The van der Waals surface area contributed by atoms with E-state index in [0.717, 1.165) is 55.2 Å². The normalized spacial score (nSPS) is 20.0. The van der Waals surface area contributed by atoms with Crippen molar-refractivity contribution < 1.29 is 14.3 Å². The summed E-state index contributed by atoms with van der Waals surface area (Å²) in [5.41, 5.74) is 4.66. The molecule has 1 amide bonds. The maximum atomic E-state index is 11.6. The van der Waals surface area contributed by atoms with Gasteiger partial charge in [0.2, 0.25) is 5.91 Å². The van der Waals surface area contributed by atoms with E-state index in [1.54, 1.807) is 14.2 Å². The van der Waals surface area contributed by atoms with Gasteiger partial charge in [-0.25, -0.2) is 0 Å². The molecule has 2 atom stereocenters. The maximum Gasteiger partial charge on any atom is 0.224 e. The molecule has 2 aromatic carbocycles. The predicted octanol–water partition coefficient (Wildman–Crippen LogP) is 4.65. The van der Waals surface area contributed by atoms with Crippen molar-refractivity contribution in [3.63, 3.8) is 0 Å². The van der Waals surface area contributed by atoms with E-state index in [9.17, 15) is 4.79 Å². The van der Waals surface area contributed by atoms with Gasteiger partial charge in [0, 0.05) is 43.0 Å². The third-order valence-electron chi connectivity index (χ3n) is 6.25. The van der Waals surface area contributed by atoms with E-state index >= 15 is 0 Å². The Morgan fingerprint density at radius 1 is 1.06 bits per heavy atom. The molecule has 1 saturated heterocycles. The monoisotopic (exact) mass is 445 g/mol. The van der Waals surface area contributed by atoms with E-state index in [1.807, 2.05) is 31.2 Å². The summed E-state index contributed by atoms with van der Waals surface area (Å²) in [5.74, 6) is 1.65. The molecule has 6 nitrogen and oxygen atoms in total. The molecule has 0 bridgehead atoms. The van der Waals surface area contributed by atoms with E-state index in [4.69, 9.17) is 9.47 Å². The Bertz CT molecular complexity index is 904. The standard InChI is InChI=1S/C24H31N3O3.ClH/c1-4-24(28)26-18-7-5-17(6-8-18)25-19-10-12-27-11-9-16-13-22(29-2)23(30-3)15-20(16)21(27)14-19;/h5-8,13,15,19,21,25H,4,9-12,14H2,1-3H3,(H,26,28);1H. The minimum atomic E-state index is 0. The average Bonchev–Trinajstić information content (AvgIpc) is 2.79. The number of piperidine rings is 1. The van der Waals surface area contributed by atoms with Gasteiger partial charge in [-0.2, -0.15) is 0 Å². The zero-order valence-corrected chi connectivity index (χ0v) is 19.3. The number of anilines is 2. The summed E-state index contributed by atoms with van der Waals surface area (Å²) < 4.78 is 11.1. The largest absolute Gasteiger partial charge is 0.493 e. The molecule has 2 N–H and O–H groups in total. The van der Waals surface area contributed by atoms with Gasteiger partial charge >= 0.3 is 0 Å². The molecule has 2 heterocycles. The summed E-state index contributed by atoms with van der Waals surface area (Å²) in [6.07, 6.45) is 3.71. The van der Waals surface area contributed by atoms with Crippen LogP contribution in [0.3, 0.4) is 0 Å². The van der Waals surface area contributed by atoms with Crippen molar-refractivity contribution in [2.45, 2.75) is 44.7 Å². The van der Waals surface area contributed by atoms with Gasteiger partial charge in [0.15, 0.2) is 11.5 Å². The Hall–Kier alpha value is -2.44. The first kappa shape index (κ1) is 23.2. The molecular weight excluding hydrogens is 414 g/mol. The van der Waals surface area contributed by atoms with Crippen molar-refractivity contribution in [2.24, 2.45) is 0 Å². The molecule has 0 radical (unpaired) electrons. The van der Waals surface area contributed by atoms with Gasteiger partial charge in [0.25, 0.3) is 0 Å². The summed E-state index contributed by atoms with van der Waals surface area (Å²) in [6, 6.07) is 13.1. The quantitative estimate of drug-likeness (QED) is 0.677. The highest BCUT2D eigenvalue weighted by molar-refractivity contribution is 5.90. The Balaban J connectivity index is 0.00000272. The van der Waals surface area contributed by atoms with E-state index in [2.05, 4.69) is 27.7 Å². The summed E-state index contributed by atoms with van der Waals surface area (Å²) in [5, 5.41) is 6.59. The predicted molar refractivity (Wildman–Crippen MR) is 127 cm³/mol. The minimum absolute atomic E-state index is 0. The number of amides is 1. The second-order valence-corrected chi connectivity index (χ2v) is 8.05. The fourth-order valence-electron chi connectivity index (χ4n) is 4.60. The van der Waals surface area contributed by atoms with Gasteiger partial charge in [-0.15, -0.1) is 12.4 Å². The fraction of sp³-hybridized carbons (Fsp3) is 0.458. The molecule has 2 aliphatic heterocycles.